The summed E-state index contributed by atoms with van der Waals surface area (Å²) in [7, 11) is 0. The van der Waals surface area contributed by atoms with Crippen molar-refractivity contribution < 1.29 is 9.90 Å². The summed E-state index contributed by atoms with van der Waals surface area (Å²) in [4.78, 5) is 13.4. The van der Waals surface area contributed by atoms with Crippen LogP contribution in [0, 0.1) is 6.92 Å². The molecule has 1 aromatic rings. The molecule has 1 heterocycles. The van der Waals surface area contributed by atoms with Crippen LogP contribution >= 0.6 is 0 Å². The van der Waals surface area contributed by atoms with Crippen molar-refractivity contribution in [1.82, 2.24) is 10.2 Å². The highest BCUT2D eigenvalue weighted by atomic mass is 16.3. The fraction of sp³-hybridized carbons (Fsp3) is 0.562. The number of hydrogen-bond acceptors (Lipinski definition) is 3. The molecule has 0 spiro atoms. The third-order valence-electron chi connectivity index (χ3n) is 4.12. The number of carbonyl (C=O) groups is 1. The Morgan fingerprint density at radius 3 is 2.60 bits per heavy atom. The van der Waals surface area contributed by atoms with Gasteiger partial charge in [-0.05, 0) is 38.3 Å². The number of rotatable bonds is 3. The summed E-state index contributed by atoms with van der Waals surface area (Å²) in [5, 5.41) is 13.1. The molecule has 1 aromatic carbocycles. The van der Waals surface area contributed by atoms with Gasteiger partial charge in [-0.2, -0.15) is 0 Å². The van der Waals surface area contributed by atoms with Gasteiger partial charge in [0.15, 0.2) is 0 Å². The minimum Gasteiger partial charge on any atom is -0.508 e. The number of nitrogens with one attached hydrogen (secondary N) is 1. The monoisotopic (exact) mass is 276 g/mol. The molecular formula is C16H24N2O2. The minimum atomic E-state index is 0.0488. The van der Waals surface area contributed by atoms with E-state index in [9.17, 15) is 9.90 Å². The molecule has 1 aliphatic rings. The van der Waals surface area contributed by atoms with E-state index in [0.717, 1.165) is 37.1 Å². The van der Waals surface area contributed by atoms with Gasteiger partial charge < -0.3 is 10.4 Å². The Labute approximate surface area is 120 Å². The van der Waals surface area contributed by atoms with Gasteiger partial charge in [0.2, 0.25) is 5.91 Å². The third kappa shape index (κ3) is 3.51. The summed E-state index contributed by atoms with van der Waals surface area (Å²) in [5.41, 5.74) is 2.05. The Hall–Kier alpha value is -1.55. The lowest BCUT2D eigenvalue weighted by atomic mass is 9.99. The summed E-state index contributed by atoms with van der Waals surface area (Å²) in [5.74, 6) is 0.425. The van der Waals surface area contributed by atoms with E-state index in [4.69, 9.17) is 0 Å². The Morgan fingerprint density at radius 2 is 2.05 bits per heavy atom. The van der Waals surface area contributed by atoms with Gasteiger partial charge in [-0.1, -0.05) is 12.1 Å². The van der Waals surface area contributed by atoms with E-state index in [2.05, 4.69) is 17.1 Å². The van der Waals surface area contributed by atoms with E-state index in [1.165, 1.54) is 0 Å². The van der Waals surface area contributed by atoms with Crippen molar-refractivity contribution in [3.8, 4) is 5.75 Å². The van der Waals surface area contributed by atoms with Crippen LogP contribution in [0.4, 0.5) is 0 Å². The molecule has 4 heteroatoms. The number of phenolic OH excluding ortho intramolecular Hbond substituents is 1. The van der Waals surface area contributed by atoms with Crippen molar-refractivity contribution in [2.75, 3.05) is 13.1 Å². The van der Waals surface area contributed by atoms with Crippen LogP contribution in [0.15, 0.2) is 18.2 Å². The second kappa shape index (κ2) is 6.27. The zero-order valence-electron chi connectivity index (χ0n) is 12.5. The first kappa shape index (κ1) is 14.9. The van der Waals surface area contributed by atoms with Gasteiger partial charge in [0.25, 0.3) is 0 Å². The molecule has 2 N–H and O–H groups in total. The number of nitrogens with zero attached hydrogens (tertiary/aromatic N) is 1. The van der Waals surface area contributed by atoms with Gasteiger partial charge in [-0.3, -0.25) is 9.69 Å². The van der Waals surface area contributed by atoms with Crippen molar-refractivity contribution in [2.45, 2.75) is 45.7 Å². The molecule has 110 valence electrons. The fourth-order valence-corrected chi connectivity index (χ4v) is 2.92. The molecule has 0 aliphatic carbocycles. The zero-order valence-corrected chi connectivity index (χ0v) is 12.5. The van der Waals surface area contributed by atoms with Gasteiger partial charge in [0.05, 0.1) is 0 Å². The van der Waals surface area contributed by atoms with Crippen LogP contribution in [0.3, 0.4) is 0 Å². The first-order chi connectivity index (χ1) is 9.47. The maximum absolute atomic E-state index is 11.1. The van der Waals surface area contributed by atoms with Crippen LogP contribution < -0.4 is 5.32 Å². The molecule has 1 aliphatic heterocycles. The molecule has 1 unspecified atom stereocenters. The van der Waals surface area contributed by atoms with E-state index < -0.39 is 0 Å². The summed E-state index contributed by atoms with van der Waals surface area (Å²) >= 11 is 0. The average molecular weight is 276 g/mol. The van der Waals surface area contributed by atoms with Crippen molar-refractivity contribution in [1.29, 1.82) is 0 Å². The lowest BCUT2D eigenvalue weighted by molar-refractivity contribution is -0.120. The number of benzene rings is 1. The highest BCUT2D eigenvalue weighted by molar-refractivity contribution is 5.73. The fourth-order valence-electron chi connectivity index (χ4n) is 2.92. The molecule has 0 saturated carbocycles. The third-order valence-corrected chi connectivity index (χ3v) is 4.12. The molecule has 1 atom stereocenters. The normalized spacial score (nSPS) is 18.8. The highest BCUT2D eigenvalue weighted by Crippen LogP contribution is 2.30. The quantitative estimate of drug-likeness (QED) is 0.891. The molecule has 1 saturated heterocycles. The lowest BCUT2D eigenvalue weighted by Gasteiger charge is -2.36. The summed E-state index contributed by atoms with van der Waals surface area (Å²) < 4.78 is 0. The molecule has 1 amide bonds. The number of aryl methyl sites for hydroxylation is 1. The van der Waals surface area contributed by atoms with Crippen LogP contribution in [0.2, 0.25) is 0 Å². The van der Waals surface area contributed by atoms with Gasteiger partial charge in [-0.15, -0.1) is 0 Å². The maximum atomic E-state index is 11.1. The minimum absolute atomic E-state index is 0.0488. The number of carbonyl (C=O) groups excluding carboxylic acids is 1. The molecule has 2 rings (SSSR count). The number of likely N-dealkylation sites (tertiary alicyclic amines) is 1. The van der Waals surface area contributed by atoms with Crippen LogP contribution in [0.5, 0.6) is 5.75 Å². The molecule has 4 nitrogen and oxygen atoms in total. The number of phenols is 1. The number of amides is 1. The number of hydrogen-bond donors (Lipinski definition) is 2. The number of aromatic hydroxyl groups is 1. The predicted octanol–water partition coefficient (Wildman–Crippen LogP) is 2.36. The summed E-state index contributed by atoms with van der Waals surface area (Å²) in [6, 6.07) is 6.36. The van der Waals surface area contributed by atoms with E-state index in [1.807, 2.05) is 25.1 Å². The van der Waals surface area contributed by atoms with Crippen molar-refractivity contribution in [3.63, 3.8) is 0 Å². The van der Waals surface area contributed by atoms with Gasteiger partial charge in [0, 0.05) is 37.7 Å². The molecule has 0 bridgehead atoms. The van der Waals surface area contributed by atoms with Crippen LogP contribution in [-0.2, 0) is 4.79 Å². The largest absolute Gasteiger partial charge is 0.508 e. The Morgan fingerprint density at radius 1 is 1.40 bits per heavy atom. The van der Waals surface area contributed by atoms with E-state index in [-0.39, 0.29) is 11.9 Å². The second-order valence-electron chi connectivity index (χ2n) is 5.75. The zero-order chi connectivity index (χ0) is 14.7. The first-order valence-corrected chi connectivity index (χ1v) is 7.28. The molecule has 20 heavy (non-hydrogen) atoms. The SMILES string of the molecule is CC(=O)NC1CCN(C(C)c2ccc(C)cc2O)CC1. The van der Waals surface area contributed by atoms with Crippen molar-refractivity contribution in [2.24, 2.45) is 0 Å². The standard InChI is InChI=1S/C16H24N2O2/c1-11-4-5-15(16(20)10-11)12(2)18-8-6-14(7-9-18)17-13(3)19/h4-5,10,12,14,20H,6-9H2,1-3H3,(H,17,19). The molecule has 0 aromatic heterocycles. The smallest absolute Gasteiger partial charge is 0.217 e. The van der Waals surface area contributed by atoms with E-state index in [0.29, 0.717) is 11.8 Å². The Balaban J connectivity index is 1.97. The van der Waals surface area contributed by atoms with Gasteiger partial charge in [-0.25, -0.2) is 0 Å². The second-order valence-corrected chi connectivity index (χ2v) is 5.75. The molecule has 0 radical (unpaired) electrons. The Bertz CT molecular complexity index is 479. The highest BCUT2D eigenvalue weighted by Gasteiger charge is 2.25. The van der Waals surface area contributed by atoms with Gasteiger partial charge >= 0.3 is 0 Å². The topological polar surface area (TPSA) is 52.6 Å². The van der Waals surface area contributed by atoms with E-state index in [1.54, 1.807) is 6.92 Å². The number of piperidine rings is 1. The van der Waals surface area contributed by atoms with Crippen LogP contribution in [0.25, 0.3) is 0 Å². The molecular weight excluding hydrogens is 252 g/mol. The first-order valence-electron chi connectivity index (χ1n) is 7.28. The van der Waals surface area contributed by atoms with Crippen LogP contribution in [0.1, 0.15) is 43.9 Å². The predicted molar refractivity (Wildman–Crippen MR) is 79.7 cm³/mol. The van der Waals surface area contributed by atoms with Crippen molar-refractivity contribution in [3.05, 3.63) is 29.3 Å². The summed E-state index contributed by atoms with van der Waals surface area (Å²) in [6.45, 7) is 7.56. The van der Waals surface area contributed by atoms with Crippen molar-refractivity contribution >= 4 is 5.91 Å². The molecule has 1 fully saturated rings. The van der Waals surface area contributed by atoms with E-state index >= 15 is 0 Å². The average Bonchev–Trinajstić information content (AvgIpc) is 2.38. The maximum Gasteiger partial charge on any atom is 0.217 e. The van der Waals surface area contributed by atoms with Crippen LogP contribution in [-0.4, -0.2) is 35.0 Å². The van der Waals surface area contributed by atoms with Gasteiger partial charge in [0.1, 0.15) is 5.75 Å². The summed E-state index contributed by atoms with van der Waals surface area (Å²) in [6.07, 6.45) is 1.94. The Kier molecular flexibility index (Phi) is 4.65. The lowest BCUT2D eigenvalue weighted by Crippen LogP contribution is -2.44.